The molecule has 1 aliphatic heterocycles. The Bertz CT molecular complexity index is 850. The fraction of sp³-hybridized carbons (Fsp3) is 0.333. The molecule has 136 valence electrons. The van der Waals surface area contributed by atoms with Crippen molar-refractivity contribution in [1.82, 2.24) is 0 Å². The zero-order chi connectivity index (χ0) is 18.8. The third-order valence-electron chi connectivity index (χ3n) is 4.82. The fourth-order valence-corrected chi connectivity index (χ4v) is 3.74. The molecule has 0 spiro atoms. The number of aryl methyl sites for hydroxylation is 2. The molecule has 1 atom stereocenters. The molecule has 2 aromatic rings. The molecular formula is C21H23ClN2O2. The second-order valence-corrected chi connectivity index (χ2v) is 7.19. The van der Waals surface area contributed by atoms with Crippen LogP contribution in [0.3, 0.4) is 0 Å². The number of hydrogen-bond donors (Lipinski definition) is 0. The van der Waals surface area contributed by atoms with E-state index in [1.807, 2.05) is 57.2 Å². The van der Waals surface area contributed by atoms with E-state index in [4.69, 9.17) is 11.6 Å². The summed E-state index contributed by atoms with van der Waals surface area (Å²) >= 11 is 6.02. The minimum absolute atomic E-state index is 0.000525. The van der Waals surface area contributed by atoms with Gasteiger partial charge in [-0.3, -0.25) is 9.59 Å². The van der Waals surface area contributed by atoms with E-state index in [9.17, 15) is 9.59 Å². The molecule has 26 heavy (non-hydrogen) atoms. The molecule has 2 amide bonds. The molecule has 0 aliphatic carbocycles. The number of anilines is 2. The van der Waals surface area contributed by atoms with Gasteiger partial charge in [-0.2, -0.15) is 0 Å². The Morgan fingerprint density at radius 1 is 1.23 bits per heavy atom. The third kappa shape index (κ3) is 3.61. The van der Waals surface area contributed by atoms with Gasteiger partial charge in [-0.25, -0.2) is 0 Å². The number of nitrogens with zero attached hydrogens (tertiary/aromatic N) is 2. The lowest BCUT2D eigenvalue weighted by Crippen LogP contribution is -2.37. The van der Waals surface area contributed by atoms with Crippen molar-refractivity contribution in [2.45, 2.75) is 27.2 Å². The quantitative estimate of drug-likeness (QED) is 0.802. The molecule has 2 aromatic carbocycles. The summed E-state index contributed by atoms with van der Waals surface area (Å²) in [5.41, 5.74) is 3.75. The van der Waals surface area contributed by atoms with Crippen LogP contribution in [0, 0.1) is 19.8 Å². The predicted octanol–water partition coefficient (Wildman–Crippen LogP) is 4.36. The van der Waals surface area contributed by atoms with Gasteiger partial charge in [-0.15, -0.1) is 0 Å². The van der Waals surface area contributed by atoms with E-state index in [2.05, 4.69) is 0 Å². The minimum atomic E-state index is -0.335. The summed E-state index contributed by atoms with van der Waals surface area (Å²) in [6.45, 7) is 6.87. The minimum Gasteiger partial charge on any atom is -0.312 e. The van der Waals surface area contributed by atoms with E-state index in [1.165, 1.54) is 0 Å². The number of halogens is 1. The second kappa shape index (κ2) is 7.50. The Morgan fingerprint density at radius 2 is 2.00 bits per heavy atom. The smallest absolute Gasteiger partial charge is 0.232 e. The molecule has 4 nitrogen and oxygen atoms in total. The first-order chi connectivity index (χ1) is 12.4. The van der Waals surface area contributed by atoms with Crippen molar-refractivity contribution in [3.63, 3.8) is 0 Å². The van der Waals surface area contributed by atoms with E-state index >= 15 is 0 Å². The molecule has 0 saturated carbocycles. The van der Waals surface area contributed by atoms with Gasteiger partial charge >= 0.3 is 0 Å². The van der Waals surface area contributed by atoms with Crippen LogP contribution in [0.25, 0.3) is 0 Å². The van der Waals surface area contributed by atoms with Crippen LogP contribution in [-0.4, -0.2) is 24.9 Å². The highest BCUT2D eigenvalue weighted by Gasteiger charge is 2.37. The molecule has 3 rings (SSSR count). The first-order valence-corrected chi connectivity index (χ1v) is 9.23. The van der Waals surface area contributed by atoms with Gasteiger partial charge in [0.25, 0.3) is 0 Å². The Kier molecular flexibility index (Phi) is 5.33. The van der Waals surface area contributed by atoms with E-state index < -0.39 is 0 Å². The van der Waals surface area contributed by atoms with Gasteiger partial charge in [0, 0.05) is 35.9 Å². The average molecular weight is 371 g/mol. The maximum Gasteiger partial charge on any atom is 0.232 e. The highest BCUT2D eigenvalue weighted by Crippen LogP contribution is 2.31. The van der Waals surface area contributed by atoms with Crippen LogP contribution in [0.15, 0.2) is 42.5 Å². The van der Waals surface area contributed by atoms with Crippen LogP contribution in [-0.2, 0) is 9.59 Å². The maximum absolute atomic E-state index is 13.1. The van der Waals surface area contributed by atoms with Crippen molar-refractivity contribution < 1.29 is 9.59 Å². The van der Waals surface area contributed by atoms with E-state index in [-0.39, 0.29) is 24.2 Å². The molecule has 1 saturated heterocycles. The highest BCUT2D eigenvalue weighted by atomic mass is 35.5. The molecular weight excluding hydrogens is 348 g/mol. The normalized spacial score (nSPS) is 16.8. The maximum atomic E-state index is 13.1. The Morgan fingerprint density at radius 3 is 2.65 bits per heavy atom. The van der Waals surface area contributed by atoms with Crippen molar-refractivity contribution in [3.05, 3.63) is 58.6 Å². The molecule has 0 aromatic heterocycles. The van der Waals surface area contributed by atoms with Crippen LogP contribution in [0.1, 0.15) is 24.5 Å². The zero-order valence-corrected chi connectivity index (χ0v) is 16.1. The lowest BCUT2D eigenvalue weighted by Gasteiger charge is -2.25. The monoisotopic (exact) mass is 370 g/mol. The van der Waals surface area contributed by atoms with E-state index in [0.717, 1.165) is 22.5 Å². The predicted molar refractivity (Wildman–Crippen MR) is 106 cm³/mol. The second-order valence-electron chi connectivity index (χ2n) is 6.76. The summed E-state index contributed by atoms with van der Waals surface area (Å²) in [4.78, 5) is 29.1. The van der Waals surface area contributed by atoms with Crippen molar-refractivity contribution in [1.29, 1.82) is 0 Å². The van der Waals surface area contributed by atoms with Gasteiger partial charge in [0.2, 0.25) is 11.8 Å². The molecule has 1 aliphatic rings. The molecule has 1 heterocycles. The van der Waals surface area contributed by atoms with Gasteiger partial charge in [0.05, 0.1) is 5.92 Å². The summed E-state index contributed by atoms with van der Waals surface area (Å²) < 4.78 is 0. The number of carbonyl (C=O) groups excluding carboxylic acids is 2. The fourth-order valence-electron chi connectivity index (χ4n) is 3.51. The highest BCUT2D eigenvalue weighted by molar-refractivity contribution is 6.30. The van der Waals surface area contributed by atoms with Crippen LogP contribution in [0.4, 0.5) is 11.4 Å². The summed E-state index contributed by atoms with van der Waals surface area (Å²) in [6, 6.07) is 13.4. The lowest BCUT2D eigenvalue weighted by atomic mass is 10.1. The van der Waals surface area contributed by atoms with Crippen LogP contribution >= 0.6 is 11.6 Å². The Hall–Kier alpha value is -2.33. The summed E-state index contributed by atoms with van der Waals surface area (Å²) in [7, 11) is 0. The average Bonchev–Trinajstić information content (AvgIpc) is 2.97. The van der Waals surface area contributed by atoms with Gasteiger partial charge < -0.3 is 9.80 Å². The first kappa shape index (κ1) is 18.5. The number of rotatable bonds is 4. The standard InChI is InChI=1S/C21H23ClN2O2/c1-4-23(18-7-5-6-14(2)10-18)21(26)16-12-20(25)24(13-16)19-9-8-17(22)11-15(19)3/h5-11,16H,4,12-13H2,1-3H3. The number of carbonyl (C=O) groups is 2. The van der Waals surface area contributed by atoms with Gasteiger partial charge in [0.1, 0.15) is 0 Å². The van der Waals surface area contributed by atoms with Crippen LogP contribution in [0.5, 0.6) is 0 Å². The van der Waals surface area contributed by atoms with Gasteiger partial charge in [-0.05, 0) is 62.2 Å². The molecule has 0 bridgehead atoms. The molecule has 0 radical (unpaired) electrons. The van der Waals surface area contributed by atoms with E-state index in [0.29, 0.717) is 18.1 Å². The molecule has 0 N–H and O–H groups in total. The topological polar surface area (TPSA) is 40.6 Å². The number of benzene rings is 2. The first-order valence-electron chi connectivity index (χ1n) is 8.85. The summed E-state index contributed by atoms with van der Waals surface area (Å²) in [5, 5.41) is 0.641. The molecule has 1 unspecified atom stereocenters. The lowest BCUT2D eigenvalue weighted by molar-refractivity contribution is -0.124. The number of hydrogen-bond acceptors (Lipinski definition) is 2. The molecule has 1 fully saturated rings. The van der Waals surface area contributed by atoms with Crippen LogP contribution < -0.4 is 9.80 Å². The Balaban J connectivity index is 1.82. The van der Waals surface area contributed by atoms with Crippen molar-refractivity contribution in [2.75, 3.05) is 22.9 Å². The van der Waals surface area contributed by atoms with Crippen molar-refractivity contribution in [3.8, 4) is 0 Å². The summed E-state index contributed by atoms with van der Waals surface area (Å²) in [6.07, 6.45) is 0.239. The Labute approximate surface area is 159 Å². The van der Waals surface area contributed by atoms with Gasteiger partial charge in [0.15, 0.2) is 0 Å². The molecule has 5 heteroatoms. The van der Waals surface area contributed by atoms with Crippen LogP contribution in [0.2, 0.25) is 5.02 Å². The SMILES string of the molecule is CCN(C(=O)C1CC(=O)N(c2ccc(Cl)cc2C)C1)c1cccc(C)c1. The zero-order valence-electron chi connectivity index (χ0n) is 15.3. The van der Waals surface area contributed by atoms with Gasteiger partial charge in [-0.1, -0.05) is 23.7 Å². The number of amides is 2. The van der Waals surface area contributed by atoms with Crippen molar-refractivity contribution >= 4 is 34.8 Å². The van der Waals surface area contributed by atoms with E-state index in [1.54, 1.807) is 15.9 Å². The largest absolute Gasteiger partial charge is 0.312 e. The van der Waals surface area contributed by atoms with Crippen molar-refractivity contribution in [2.24, 2.45) is 5.92 Å². The summed E-state index contributed by atoms with van der Waals surface area (Å²) in [5.74, 6) is -0.354. The third-order valence-corrected chi connectivity index (χ3v) is 5.05.